The van der Waals surface area contributed by atoms with Crippen LogP contribution in [0.2, 0.25) is 5.02 Å². The summed E-state index contributed by atoms with van der Waals surface area (Å²) in [6, 6.07) is 7.20. The van der Waals surface area contributed by atoms with Crippen LogP contribution in [-0.2, 0) is 6.42 Å². The monoisotopic (exact) mass is 238 g/mol. The van der Waals surface area contributed by atoms with E-state index in [0.29, 0.717) is 17.1 Å². The number of benzene rings is 1. The van der Waals surface area contributed by atoms with Crippen LogP contribution in [0, 0.1) is 0 Å². The van der Waals surface area contributed by atoms with E-state index >= 15 is 0 Å². The van der Waals surface area contributed by atoms with Gasteiger partial charge < -0.3 is 0 Å². The van der Waals surface area contributed by atoms with Crippen molar-refractivity contribution in [1.82, 2.24) is 9.59 Å². The second kappa shape index (κ2) is 4.51. The largest absolute Gasteiger partial charge is 0.292 e. The molecule has 0 atom stereocenters. The fourth-order valence-electron chi connectivity index (χ4n) is 1.16. The van der Waals surface area contributed by atoms with E-state index in [9.17, 15) is 4.79 Å². The van der Waals surface area contributed by atoms with Crippen molar-refractivity contribution in [3.63, 3.8) is 0 Å². The van der Waals surface area contributed by atoms with Gasteiger partial charge in [0.15, 0.2) is 5.78 Å². The first kappa shape index (κ1) is 10.3. The van der Waals surface area contributed by atoms with Gasteiger partial charge in [-0.25, -0.2) is 0 Å². The average Bonchev–Trinajstić information content (AvgIpc) is 2.74. The molecule has 0 fully saturated rings. The Labute approximate surface area is 95.9 Å². The minimum atomic E-state index is -0.0222. The van der Waals surface area contributed by atoms with Crippen LogP contribution >= 0.6 is 23.1 Å². The van der Waals surface area contributed by atoms with E-state index in [1.807, 2.05) is 12.1 Å². The predicted octanol–water partition coefficient (Wildman–Crippen LogP) is 2.62. The Hall–Kier alpha value is -1.26. The Morgan fingerprint density at radius 3 is 2.67 bits per heavy atom. The number of ketones is 1. The molecule has 3 nitrogen and oxygen atoms in total. The van der Waals surface area contributed by atoms with Gasteiger partial charge in [0.05, 0.1) is 0 Å². The van der Waals surface area contributed by atoms with Crippen LogP contribution in [0.25, 0.3) is 0 Å². The molecule has 0 amide bonds. The second-order valence-corrected chi connectivity index (χ2v) is 4.06. The van der Waals surface area contributed by atoms with Gasteiger partial charge in [-0.05, 0) is 29.2 Å². The fraction of sp³-hybridized carbons (Fsp3) is 0.100. The molecule has 0 aliphatic heterocycles. The molecule has 0 aliphatic carbocycles. The molecule has 0 N–H and O–H groups in total. The second-order valence-electron chi connectivity index (χ2n) is 3.02. The molecule has 2 aromatic rings. The van der Waals surface area contributed by atoms with Gasteiger partial charge in [0.1, 0.15) is 5.69 Å². The number of rotatable bonds is 3. The number of carbonyl (C=O) groups is 1. The molecular formula is C10H7ClN2OS. The summed E-state index contributed by atoms with van der Waals surface area (Å²) in [4.78, 5) is 11.6. The minimum absolute atomic E-state index is 0.0222. The van der Waals surface area contributed by atoms with Crippen molar-refractivity contribution in [2.24, 2.45) is 0 Å². The molecule has 0 aliphatic rings. The molecule has 1 aromatic heterocycles. The van der Waals surface area contributed by atoms with E-state index in [0.717, 1.165) is 5.56 Å². The van der Waals surface area contributed by atoms with E-state index < -0.39 is 0 Å². The molecule has 0 saturated heterocycles. The summed E-state index contributed by atoms with van der Waals surface area (Å²) < 4.78 is 3.65. The molecule has 1 aromatic carbocycles. The standard InChI is InChI=1S/C10H7ClN2OS/c11-8-3-1-7(2-4-8)5-10(14)9-6-15-13-12-9/h1-4,6H,5H2. The van der Waals surface area contributed by atoms with Crippen LogP contribution < -0.4 is 0 Å². The maximum Gasteiger partial charge on any atom is 0.188 e. The summed E-state index contributed by atoms with van der Waals surface area (Å²) in [6.45, 7) is 0. The molecule has 0 bridgehead atoms. The molecular weight excluding hydrogens is 232 g/mol. The highest BCUT2D eigenvalue weighted by molar-refractivity contribution is 7.03. The molecule has 1 heterocycles. The number of nitrogens with zero attached hydrogens (tertiary/aromatic N) is 2. The summed E-state index contributed by atoms with van der Waals surface area (Å²) in [5.74, 6) is -0.0222. The third-order valence-corrected chi connectivity index (χ3v) is 2.68. The van der Waals surface area contributed by atoms with Crippen molar-refractivity contribution in [3.8, 4) is 0 Å². The van der Waals surface area contributed by atoms with Crippen LogP contribution in [-0.4, -0.2) is 15.4 Å². The Morgan fingerprint density at radius 1 is 1.33 bits per heavy atom. The summed E-state index contributed by atoms with van der Waals surface area (Å²) in [5, 5.41) is 6.04. The lowest BCUT2D eigenvalue weighted by Gasteiger charge is -1.98. The quantitative estimate of drug-likeness (QED) is 0.772. The van der Waals surface area contributed by atoms with Crippen molar-refractivity contribution < 1.29 is 4.79 Å². The number of carbonyl (C=O) groups excluding carboxylic acids is 1. The minimum Gasteiger partial charge on any atom is -0.292 e. The Kier molecular flexibility index (Phi) is 3.08. The van der Waals surface area contributed by atoms with Gasteiger partial charge in [0.2, 0.25) is 0 Å². The normalized spacial score (nSPS) is 10.2. The highest BCUT2D eigenvalue weighted by Crippen LogP contribution is 2.11. The van der Waals surface area contributed by atoms with Crippen LogP contribution in [0.3, 0.4) is 0 Å². The van der Waals surface area contributed by atoms with E-state index in [2.05, 4.69) is 9.59 Å². The van der Waals surface area contributed by atoms with Gasteiger partial charge in [-0.3, -0.25) is 4.79 Å². The van der Waals surface area contributed by atoms with Crippen molar-refractivity contribution in [3.05, 3.63) is 45.9 Å². The molecule has 76 valence electrons. The smallest absolute Gasteiger partial charge is 0.188 e. The summed E-state index contributed by atoms with van der Waals surface area (Å²) in [6.07, 6.45) is 0.336. The van der Waals surface area contributed by atoms with Gasteiger partial charge in [-0.2, -0.15) is 0 Å². The SMILES string of the molecule is O=C(Cc1ccc(Cl)cc1)c1csnn1. The van der Waals surface area contributed by atoms with E-state index in [1.54, 1.807) is 17.5 Å². The Morgan fingerprint density at radius 2 is 2.07 bits per heavy atom. The van der Waals surface area contributed by atoms with Crippen LogP contribution in [0.15, 0.2) is 29.6 Å². The zero-order valence-corrected chi connectivity index (χ0v) is 9.26. The maximum atomic E-state index is 11.6. The van der Waals surface area contributed by atoms with E-state index in [-0.39, 0.29) is 5.78 Å². The zero-order valence-electron chi connectivity index (χ0n) is 7.68. The van der Waals surface area contributed by atoms with Gasteiger partial charge in [-0.15, -0.1) is 5.10 Å². The lowest BCUT2D eigenvalue weighted by molar-refractivity contribution is 0.0988. The van der Waals surface area contributed by atoms with Crippen LogP contribution in [0.1, 0.15) is 16.1 Å². The molecule has 0 spiro atoms. The summed E-state index contributed by atoms with van der Waals surface area (Å²) in [7, 11) is 0. The first-order valence-electron chi connectivity index (χ1n) is 4.30. The van der Waals surface area contributed by atoms with E-state index in [1.165, 1.54) is 11.5 Å². The predicted molar refractivity (Wildman–Crippen MR) is 59.4 cm³/mol. The highest BCUT2D eigenvalue weighted by Gasteiger charge is 2.09. The number of hydrogen-bond acceptors (Lipinski definition) is 4. The Bertz CT molecular complexity index is 453. The van der Waals surface area contributed by atoms with Gasteiger partial charge >= 0.3 is 0 Å². The molecule has 0 saturated carbocycles. The fourth-order valence-corrected chi connectivity index (χ4v) is 1.75. The number of aromatic nitrogens is 2. The summed E-state index contributed by atoms with van der Waals surface area (Å²) in [5.41, 5.74) is 1.35. The summed E-state index contributed by atoms with van der Waals surface area (Å²) >= 11 is 6.92. The lowest BCUT2D eigenvalue weighted by atomic mass is 10.1. The van der Waals surface area contributed by atoms with Crippen molar-refractivity contribution in [1.29, 1.82) is 0 Å². The van der Waals surface area contributed by atoms with Crippen molar-refractivity contribution in [2.75, 3.05) is 0 Å². The first-order valence-corrected chi connectivity index (χ1v) is 5.52. The van der Waals surface area contributed by atoms with E-state index in [4.69, 9.17) is 11.6 Å². The van der Waals surface area contributed by atoms with Gasteiger partial charge in [0.25, 0.3) is 0 Å². The van der Waals surface area contributed by atoms with Crippen LogP contribution in [0.5, 0.6) is 0 Å². The lowest BCUT2D eigenvalue weighted by Crippen LogP contribution is -2.03. The number of halogens is 1. The van der Waals surface area contributed by atoms with Crippen LogP contribution in [0.4, 0.5) is 0 Å². The highest BCUT2D eigenvalue weighted by atomic mass is 35.5. The molecule has 15 heavy (non-hydrogen) atoms. The average molecular weight is 239 g/mol. The molecule has 5 heteroatoms. The third-order valence-electron chi connectivity index (χ3n) is 1.92. The van der Waals surface area contributed by atoms with Crippen molar-refractivity contribution >= 4 is 28.9 Å². The molecule has 0 radical (unpaired) electrons. The first-order chi connectivity index (χ1) is 7.25. The van der Waals surface area contributed by atoms with Gasteiger partial charge in [-0.1, -0.05) is 28.2 Å². The molecule has 0 unspecified atom stereocenters. The topological polar surface area (TPSA) is 42.9 Å². The van der Waals surface area contributed by atoms with Crippen molar-refractivity contribution in [2.45, 2.75) is 6.42 Å². The van der Waals surface area contributed by atoms with Gasteiger partial charge in [0, 0.05) is 16.8 Å². The number of hydrogen-bond donors (Lipinski definition) is 0. The number of Topliss-reactive ketones (excluding diaryl/α,β-unsaturated/α-hetero) is 1. The maximum absolute atomic E-state index is 11.6. The zero-order chi connectivity index (χ0) is 10.7. The third kappa shape index (κ3) is 2.61. The molecule has 2 rings (SSSR count). The Balaban J connectivity index is 2.09.